The molecule has 1 aromatic heterocycles. The average molecular weight is 227 g/mol. The number of halogens is 2. The Labute approximate surface area is 92.6 Å². The van der Waals surface area contributed by atoms with E-state index in [0.717, 1.165) is 11.1 Å². The van der Waals surface area contributed by atoms with E-state index in [-0.39, 0.29) is 5.82 Å². The van der Waals surface area contributed by atoms with Gasteiger partial charge in [-0.1, -0.05) is 17.7 Å². The molecule has 0 aliphatic carbocycles. The summed E-state index contributed by atoms with van der Waals surface area (Å²) in [6.07, 6.45) is 0. The van der Waals surface area contributed by atoms with Crippen LogP contribution in [0.15, 0.2) is 18.2 Å². The SMILES string of the molecule is CNCc1c(Cl)n(C)c2cccc(F)c12. The van der Waals surface area contributed by atoms with Gasteiger partial charge in [-0.15, -0.1) is 0 Å². The smallest absolute Gasteiger partial charge is 0.132 e. The van der Waals surface area contributed by atoms with Crippen molar-refractivity contribution in [3.05, 3.63) is 34.7 Å². The zero-order valence-electron chi connectivity index (χ0n) is 8.64. The van der Waals surface area contributed by atoms with Gasteiger partial charge in [0.1, 0.15) is 11.0 Å². The highest BCUT2D eigenvalue weighted by Gasteiger charge is 2.15. The highest BCUT2D eigenvalue weighted by molar-refractivity contribution is 6.32. The molecule has 80 valence electrons. The minimum atomic E-state index is -0.222. The van der Waals surface area contributed by atoms with E-state index in [4.69, 9.17) is 11.6 Å². The van der Waals surface area contributed by atoms with Gasteiger partial charge < -0.3 is 9.88 Å². The first kappa shape index (κ1) is 10.5. The summed E-state index contributed by atoms with van der Waals surface area (Å²) in [6.45, 7) is 0.567. The molecule has 0 radical (unpaired) electrons. The topological polar surface area (TPSA) is 17.0 Å². The molecule has 0 spiro atoms. The summed E-state index contributed by atoms with van der Waals surface area (Å²) < 4.78 is 15.5. The summed E-state index contributed by atoms with van der Waals surface area (Å²) in [4.78, 5) is 0. The second kappa shape index (κ2) is 3.83. The molecule has 1 N–H and O–H groups in total. The highest BCUT2D eigenvalue weighted by atomic mass is 35.5. The van der Waals surface area contributed by atoms with Gasteiger partial charge in [-0.2, -0.15) is 0 Å². The lowest BCUT2D eigenvalue weighted by molar-refractivity contribution is 0.638. The van der Waals surface area contributed by atoms with Crippen LogP contribution >= 0.6 is 11.6 Å². The van der Waals surface area contributed by atoms with Crippen LogP contribution in [0.5, 0.6) is 0 Å². The van der Waals surface area contributed by atoms with E-state index in [0.29, 0.717) is 17.1 Å². The molecule has 15 heavy (non-hydrogen) atoms. The lowest BCUT2D eigenvalue weighted by atomic mass is 10.1. The van der Waals surface area contributed by atoms with E-state index in [2.05, 4.69) is 5.32 Å². The Kier molecular flexibility index (Phi) is 2.67. The Bertz CT molecular complexity index is 505. The maximum atomic E-state index is 13.7. The summed E-state index contributed by atoms with van der Waals surface area (Å²) in [5, 5.41) is 4.19. The number of nitrogens with one attached hydrogen (secondary N) is 1. The van der Waals surface area contributed by atoms with Gasteiger partial charge in [0.05, 0.1) is 5.52 Å². The van der Waals surface area contributed by atoms with Crippen LogP contribution in [-0.4, -0.2) is 11.6 Å². The van der Waals surface area contributed by atoms with Crippen molar-refractivity contribution >= 4 is 22.5 Å². The molecular formula is C11H12ClFN2. The molecule has 4 heteroatoms. The summed E-state index contributed by atoms with van der Waals surface area (Å²) in [6, 6.07) is 5.01. The first-order valence-electron chi connectivity index (χ1n) is 4.72. The molecule has 1 heterocycles. The third kappa shape index (κ3) is 1.52. The zero-order valence-corrected chi connectivity index (χ0v) is 9.40. The Balaban J connectivity index is 2.82. The number of nitrogens with zero attached hydrogens (tertiary/aromatic N) is 1. The van der Waals surface area contributed by atoms with Crippen molar-refractivity contribution in [2.24, 2.45) is 7.05 Å². The molecular weight excluding hydrogens is 215 g/mol. The third-order valence-electron chi connectivity index (χ3n) is 2.55. The van der Waals surface area contributed by atoms with Crippen molar-refractivity contribution in [3.63, 3.8) is 0 Å². The Morgan fingerprint density at radius 1 is 1.47 bits per heavy atom. The van der Waals surface area contributed by atoms with Crippen LogP contribution in [0.3, 0.4) is 0 Å². The van der Waals surface area contributed by atoms with Crippen molar-refractivity contribution in [3.8, 4) is 0 Å². The van der Waals surface area contributed by atoms with E-state index in [1.165, 1.54) is 6.07 Å². The first-order chi connectivity index (χ1) is 7.16. The second-order valence-corrected chi connectivity index (χ2v) is 3.85. The molecule has 0 fully saturated rings. The number of hydrogen-bond acceptors (Lipinski definition) is 1. The Hall–Kier alpha value is -1.06. The molecule has 2 rings (SSSR count). The highest BCUT2D eigenvalue weighted by Crippen LogP contribution is 2.30. The minimum absolute atomic E-state index is 0.222. The van der Waals surface area contributed by atoms with Gasteiger partial charge in [0, 0.05) is 24.5 Å². The Morgan fingerprint density at radius 2 is 2.20 bits per heavy atom. The lowest BCUT2D eigenvalue weighted by Gasteiger charge is -1.99. The van der Waals surface area contributed by atoms with Crippen molar-refractivity contribution in [2.45, 2.75) is 6.54 Å². The number of rotatable bonds is 2. The third-order valence-corrected chi connectivity index (χ3v) is 3.03. The molecule has 2 nitrogen and oxygen atoms in total. The Morgan fingerprint density at radius 3 is 2.87 bits per heavy atom. The van der Waals surface area contributed by atoms with E-state index >= 15 is 0 Å². The van der Waals surface area contributed by atoms with E-state index in [1.54, 1.807) is 10.6 Å². The molecule has 0 amide bonds. The second-order valence-electron chi connectivity index (χ2n) is 3.49. The standard InChI is InChI=1S/C11H12ClFN2/c1-14-6-7-10-8(13)4-3-5-9(10)15(2)11(7)12/h3-5,14H,6H2,1-2H3. The van der Waals surface area contributed by atoms with Gasteiger partial charge in [-0.3, -0.25) is 0 Å². The first-order valence-corrected chi connectivity index (χ1v) is 5.10. The van der Waals surface area contributed by atoms with E-state index in [9.17, 15) is 4.39 Å². The fraction of sp³-hybridized carbons (Fsp3) is 0.273. The summed E-state index contributed by atoms with van der Waals surface area (Å²) in [7, 11) is 3.65. The lowest BCUT2D eigenvalue weighted by Crippen LogP contribution is -2.05. The quantitative estimate of drug-likeness (QED) is 0.833. The molecule has 0 saturated carbocycles. The summed E-state index contributed by atoms with van der Waals surface area (Å²) in [5.74, 6) is -0.222. The van der Waals surface area contributed by atoms with Gasteiger partial charge >= 0.3 is 0 Å². The fourth-order valence-corrected chi connectivity index (χ4v) is 2.09. The van der Waals surface area contributed by atoms with Crippen molar-refractivity contribution < 1.29 is 4.39 Å². The molecule has 0 aliphatic rings. The van der Waals surface area contributed by atoms with Crippen LogP contribution in [0, 0.1) is 5.82 Å². The van der Waals surface area contributed by atoms with Gasteiger partial charge in [-0.05, 0) is 19.2 Å². The summed E-state index contributed by atoms with van der Waals surface area (Å²) in [5.41, 5.74) is 1.64. The van der Waals surface area contributed by atoms with Crippen LogP contribution in [0.2, 0.25) is 5.15 Å². The van der Waals surface area contributed by atoms with Crippen molar-refractivity contribution in [1.82, 2.24) is 9.88 Å². The monoisotopic (exact) mass is 226 g/mol. The van der Waals surface area contributed by atoms with Crippen LogP contribution in [-0.2, 0) is 13.6 Å². The zero-order chi connectivity index (χ0) is 11.0. The number of hydrogen-bond donors (Lipinski definition) is 1. The molecule has 0 unspecified atom stereocenters. The molecule has 0 bridgehead atoms. The van der Waals surface area contributed by atoms with E-state index in [1.807, 2.05) is 20.2 Å². The van der Waals surface area contributed by atoms with Crippen LogP contribution in [0.25, 0.3) is 10.9 Å². The van der Waals surface area contributed by atoms with Gasteiger partial charge in [0.25, 0.3) is 0 Å². The fourth-order valence-electron chi connectivity index (χ4n) is 1.84. The maximum absolute atomic E-state index is 13.7. The normalized spacial score (nSPS) is 11.2. The van der Waals surface area contributed by atoms with Crippen LogP contribution in [0.4, 0.5) is 4.39 Å². The van der Waals surface area contributed by atoms with E-state index < -0.39 is 0 Å². The van der Waals surface area contributed by atoms with Crippen molar-refractivity contribution in [2.75, 3.05) is 7.05 Å². The molecule has 2 aromatic rings. The maximum Gasteiger partial charge on any atom is 0.132 e. The number of benzene rings is 1. The van der Waals surface area contributed by atoms with Crippen LogP contribution < -0.4 is 5.32 Å². The minimum Gasteiger partial charge on any atom is -0.334 e. The number of fused-ring (bicyclic) bond motifs is 1. The van der Waals surface area contributed by atoms with Gasteiger partial charge in [0.2, 0.25) is 0 Å². The summed E-state index contributed by atoms with van der Waals surface area (Å²) >= 11 is 6.14. The van der Waals surface area contributed by atoms with Crippen LogP contribution in [0.1, 0.15) is 5.56 Å². The van der Waals surface area contributed by atoms with Gasteiger partial charge in [-0.25, -0.2) is 4.39 Å². The predicted octanol–water partition coefficient (Wildman–Crippen LogP) is 2.69. The molecule has 0 saturated heterocycles. The molecule has 0 atom stereocenters. The molecule has 0 aliphatic heterocycles. The largest absolute Gasteiger partial charge is 0.334 e. The van der Waals surface area contributed by atoms with Gasteiger partial charge in [0.15, 0.2) is 0 Å². The predicted molar refractivity (Wildman–Crippen MR) is 60.7 cm³/mol. The molecule has 1 aromatic carbocycles. The van der Waals surface area contributed by atoms with Crippen molar-refractivity contribution in [1.29, 1.82) is 0 Å². The number of aryl methyl sites for hydroxylation is 1. The average Bonchev–Trinajstić information content (AvgIpc) is 2.46. The number of aromatic nitrogens is 1.